The van der Waals surface area contributed by atoms with Gasteiger partial charge in [-0.05, 0) is 37.4 Å². The first kappa shape index (κ1) is 14.9. The van der Waals surface area contributed by atoms with Crippen LogP contribution in [-0.2, 0) is 6.54 Å². The molecule has 0 unspecified atom stereocenters. The van der Waals surface area contributed by atoms with E-state index in [4.69, 9.17) is 0 Å². The monoisotopic (exact) mass is 318 g/mol. The fourth-order valence-electron chi connectivity index (χ4n) is 2.83. The highest BCUT2D eigenvalue weighted by Gasteiger charge is 2.19. The van der Waals surface area contributed by atoms with Crippen molar-refractivity contribution in [3.05, 3.63) is 46.2 Å². The van der Waals surface area contributed by atoms with Crippen LogP contribution in [0.3, 0.4) is 0 Å². The van der Waals surface area contributed by atoms with E-state index in [-0.39, 0.29) is 0 Å². The Morgan fingerprint density at radius 3 is 2.48 bits per heavy atom. The maximum Gasteiger partial charge on any atom is 0.0505 e. The molecule has 1 aliphatic rings. The summed E-state index contributed by atoms with van der Waals surface area (Å²) in [6.07, 6.45) is 2.16. The molecule has 112 valence electrons. The van der Waals surface area contributed by atoms with Gasteiger partial charge in [0.25, 0.3) is 0 Å². The van der Waals surface area contributed by atoms with E-state index in [1.165, 1.54) is 20.3 Å². The SMILES string of the molecule is CSc1ccccc1N1CCN(Cc2ccc(C)s2)CC1. The summed E-state index contributed by atoms with van der Waals surface area (Å²) in [6.45, 7) is 7.85. The van der Waals surface area contributed by atoms with Gasteiger partial charge < -0.3 is 4.90 Å². The molecule has 2 aromatic rings. The second-order valence-corrected chi connectivity index (χ2v) is 7.67. The summed E-state index contributed by atoms with van der Waals surface area (Å²) in [6, 6.07) is 13.3. The molecule has 0 spiro atoms. The van der Waals surface area contributed by atoms with Gasteiger partial charge in [0.15, 0.2) is 0 Å². The molecule has 0 N–H and O–H groups in total. The first-order valence-electron chi connectivity index (χ1n) is 7.42. The fourth-order valence-corrected chi connectivity index (χ4v) is 4.38. The number of piperazine rings is 1. The van der Waals surface area contributed by atoms with E-state index in [1.807, 2.05) is 23.1 Å². The smallest absolute Gasteiger partial charge is 0.0505 e. The van der Waals surface area contributed by atoms with Crippen molar-refractivity contribution in [1.29, 1.82) is 0 Å². The van der Waals surface area contributed by atoms with Crippen molar-refractivity contribution < 1.29 is 0 Å². The van der Waals surface area contributed by atoms with Crippen molar-refractivity contribution in [3.63, 3.8) is 0 Å². The van der Waals surface area contributed by atoms with Crippen molar-refractivity contribution in [3.8, 4) is 0 Å². The Bertz CT molecular complexity index is 586. The Labute approximate surface area is 135 Å². The van der Waals surface area contributed by atoms with Crippen molar-refractivity contribution in [1.82, 2.24) is 4.90 Å². The Kier molecular flexibility index (Phi) is 4.88. The minimum absolute atomic E-state index is 1.11. The van der Waals surface area contributed by atoms with Crippen LogP contribution in [0.25, 0.3) is 0 Å². The Hall–Kier alpha value is -0.970. The molecule has 21 heavy (non-hydrogen) atoms. The number of para-hydroxylation sites is 1. The van der Waals surface area contributed by atoms with Gasteiger partial charge in [-0.3, -0.25) is 4.90 Å². The zero-order valence-electron chi connectivity index (χ0n) is 12.7. The molecule has 0 bridgehead atoms. The second-order valence-electron chi connectivity index (χ2n) is 5.45. The van der Waals surface area contributed by atoms with Crippen LogP contribution in [0.15, 0.2) is 41.3 Å². The topological polar surface area (TPSA) is 6.48 Å². The molecule has 0 amide bonds. The molecule has 2 nitrogen and oxygen atoms in total. The molecule has 4 heteroatoms. The fraction of sp³-hybridized carbons (Fsp3) is 0.412. The number of nitrogens with zero attached hydrogens (tertiary/aromatic N) is 2. The molecule has 3 rings (SSSR count). The molecule has 1 fully saturated rings. The standard InChI is InChI=1S/C17H22N2S2/c1-14-7-8-15(21-14)13-18-9-11-19(12-10-18)16-5-3-4-6-17(16)20-2/h3-8H,9-13H2,1-2H3. The van der Waals surface area contributed by atoms with Gasteiger partial charge in [0, 0.05) is 47.4 Å². The van der Waals surface area contributed by atoms with E-state index < -0.39 is 0 Å². The summed E-state index contributed by atoms with van der Waals surface area (Å²) < 4.78 is 0. The minimum atomic E-state index is 1.11. The highest BCUT2D eigenvalue weighted by molar-refractivity contribution is 7.98. The molecule has 0 saturated carbocycles. The number of anilines is 1. The third kappa shape index (κ3) is 3.62. The molecule has 1 aliphatic heterocycles. The summed E-state index contributed by atoms with van der Waals surface area (Å²) >= 11 is 3.77. The van der Waals surface area contributed by atoms with Crippen LogP contribution in [0.2, 0.25) is 0 Å². The lowest BCUT2D eigenvalue weighted by molar-refractivity contribution is 0.251. The molecule has 1 saturated heterocycles. The minimum Gasteiger partial charge on any atom is -0.368 e. The molecule has 2 heterocycles. The average molecular weight is 319 g/mol. The van der Waals surface area contributed by atoms with Gasteiger partial charge in [-0.15, -0.1) is 23.1 Å². The largest absolute Gasteiger partial charge is 0.368 e. The second kappa shape index (κ2) is 6.86. The summed E-state index contributed by atoms with van der Waals surface area (Å²) in [5, 5.41) is 0. The van der Waals surface area contributed by atoms with Crippen molar-refractivity contribution in [2.75, 3.05) is 37.3 Å². The van der Waals surface area contributed by atoms with Crippen LogP contribution in [0.5, 0.6) is 0 Å². The van der Waals surface area contributed by atoms with Crippen LogP contribution in [0.4, 0.5) is 5.69 Å². The van der Waals surface area contributed by atoms with Crippen LogP contribution in [0, 0.1) is 6.92 Å². The van der Waals surface area contributed by atoms with Gasteiger partial charge >= 0.3 is 0 Å². The lowest BCUT2D eigenvalue weighted by Gasteiger charge is -2.36. The number of benzene rings is 1. The maximum absolute atomic E-state index is 2.57. The summed E-state index contributed by atoms with van der Waals surface area (Å²) in [7, 11) is 0. The summed E-state index contributed by atoms with van der Waals surface area (Å²) in [5.41, 5.74) is 1.40. The van der Waals surface area contributed by atoms with Gasteiger partial charge in [0.2, 0.25) is 0 Å². The van der Waals surface area contributed by atoms with Gasteiger partial charge in [-0.2, -0.15) is 0 Å². The Morgan fingerprint density at radius 1 is 1.05 bits per heavy atom. The highest BCUT2D eigenvalue weighted by atomic mass is 32.2. The van der Waals surface area contributed by atoms with Crippen LogP contribution < -0.4 is 4.90 Å². The van der Waals surface area contributed by atoms with Crippen molar-refractivity contribution >= 4 is 28.8 Å². The van der Waals surface area contributed by atoms with Gasteiger partial charge in [-0.1, -0.05) is 12.1 Å². The Balaban J connectivity index is 1.60. The first-order chi connectivity index (χ1) is 10.3. The molecule has 1 aromatic heterocycles. The van der Waals surface area contributed by atoms with Crippen molar-refractivity contribution in [2.45, 2.75) is 18.4 Å². The number of hydrogen-bond donors (Lipinski definition) is 0. The first-order valence-corrected chi connectivity index (χ1v) is 9.46. The number of rotatable bonds is 4. The van der Waals surface area contributed by atoms with Crippen molar-refractivity contribution in [2.24, 2.45) is 0 Å². The maximum atomic E-state index is 2.57. The van der Waals surface area contributed by atoms with Gasteiger partial charge in [0.05, 0.1) is 5.69 Å². The van der Waals surface area contributed by atoms with E-state index in [9.17, 15) is 0 Å². The highest BCUT2D eigenvalue weighted by Crippen LogP contribution is 2.29. The number of hydrogen-bond acceptors (Lipinski definition) is 4. The molecule has 0 aliphatic carbocycles. The quantitative estimate of drug-likeness (QED) is 0.784. The van der Waals surface area contributed by atoms with E-state index in [0.717, 1.165) is 32.7 Å². The zero-order valence-corrected chi connectivity index (χ0v) is 14.3. The zero-order chi connectivity index (χ0) is 14.7. The van der Waals surface area contributed by atoms with Crippen LogP contribution in [0.1, 0.15) is 9.75 Å². The molecule has 0 atom stereocenters. The van der Waals surface area contributed by atoms with Gasteiger partial charge in [0.1, 0.15) is 0 Å². The normalized spacial score (nSPS) is 16.4. The molecular formula is C17H22N2S2. The predicted octanol–water partition coefficient (Wildman–Crippen LogP) is 4.10. The molecular weight excluding hydrogens is 296 g/mol. The van der Waals surface area contributed by atoms with E-state index in [1.54, 1.807) is 0 Å². The molecule has 0 radical (unpaired) electrons. The third-order valence-corrected chi connectivity index (χ3v) is 5.74. The lowest BCUT2D eigenvalue weighted by Crippen LogP contribution is -2.46. The molecule has 1 aromatic carbocycles. The van der Waals surface area contributed by atoms with Crippen LogP contribution >= 0.6 is 23.1 Å². The summed E-state index contributed by atoms with van der Waals surface area (Å²) in [5.74, 6) is 0. The predicted molar refractivity (Wildman–Crippen MR) is 94.8 cm³/mol. The van der Waals surface area contributed by atoms with E-state index in [0.29, 0.717) is 0 Å². The number of aryl methyl sites for hydroxylation is 1. The third-order valence-electron chi connectivity index (χ3n) is 3.97. The lowest BCUT2D eigenvalue weighted by atomic mass is 10.2. The number of thiophene rings is 1. The van der Waals surface area contributed by atoms with E-state index >= 15 is 0 Å². The average Bonchev–Trinajstić information content (AvgIpc) is 2.93. The van der Waals surface area contributed by atoms with Crippen LogP contribution in [-0.4, -0.2) is 37.3 Å². The Morgan fingerprint density at radius 2 is 1.81 bits per heavy atom. The number of thioether (sulfide) groups is 1. The summed E-state index contributed by atoms with van der Waals surface area (Å²) in [4.78, 5) is 9.40. The van der Waals surface area contributed by atoms with Gasteiger partial charge in [-0.25, -0.2) is 0 Å². The van der Waals surface area contributed by atoms with E-state index in [2.05, 4.69) is 59.4 Å².